The molecule has 0 radical (unpaired) electrons. The zero-order chi connectivity index (χ0) is 15.9. The second-order valence-corrected chi connectivity index (χ2v) is 5.82. The summed E-state index contributed by atoms with van der Waals surface area (Å²) in [6.07, 6.45) is 2.20. The van der Waals surface area contributed by atoms with Gasteiger partial charge in [0.25, 0.3) is 0 Å². The van der Waals surface area contributed by atoms with Crippen LogP contribution in [-0.4, -0.2) is 56.7 Å². The summed E-state index contributed by atoms with van der Waals surface area (Å²) in [5.74, 6) is -0.237. The van der Waals surface area contributed by atoms with Crippen molar-refractivity contribution in [2.75, 3.05) is 44.5 Å². The third-order valence-corrected chi connectivity index (χ3v) is 3.95. The number of rotatable bonds is 6. The molecule has 0 spiro atoms. The van der Waals surface area contributed by atoms with Gasteiger partial charge in [0.05, 0.1) is 18.0 Å². The molecule has 24 heavy (non-hydrogen) atoms. The first kappa shape index (κ1) is 22.9. The van der Waals surface area contributed by atoms with Crippen LogP contribution < -0.4 is 16.4 Å². The van der Waals surface area contributed by atoms with E-state index >= 15 is 0 Å². The Hall–Kier alpha value is -1.05. The Morgan fingerprint density at radius 3 is 2.46 bits per heavy atom. The lowest BCUT2D eigenvalue weighted by molar-refractivity contribution is -0.118. The summed E-state index contributed by atoms with van der Waals surface area (Å²) in [5, 5.41) is 6.41. The lowest BCUT2D eigenvalue weighted by Gasteiger charge is -2.30. The van der Waals surface area contributed by atoms with Gasteiger partial charge in [-0.25, -0.2) is 0 Å². The van der Waals surface area contributed by atoms with E-state index < -0.39 is 6.04 Å². The first-order valence-electron chi connectivity index (χ1n) is 7.69. The zero-order valence-corrected chi connectivity index (χ0v) is 15.8. The van der Waals surface area contributed by atoms with E-state index in [1.54, 1.807) is 0 Å². The molecular formula is C16H28Cl2N4O2. The van der Waals surface area contributed by atoms with Gasteiger partial charge in [0.1, 0.15) is 6.04 Å². The van der Waals surface area contributed by atoms with Gasteiger partial charge in [-0.15, -0.1) is 24.8 Å². The fourth-order valence-electron chi connectivity index (χ4n) is 2.57. The minimum atomic E-state index is -0.665. The summed E-state index contributed by atoms with van der Waals surface area (Å²) in [5.41, 5.74) is 7.46. The first-order chi connectivity index (χ1) is 10.6. The Bertz CT molecular complexity index is 497. The van der Waals surface area contributed by atoms with Gasteiger partial charge in [-0.3, -0.25) is 4.79 Å². The maximum Gasteiger partial charge on any atom is 0.243 e. The number of piperidine rings is 1. The molecule has 8 heteroatoms. The molecule has 1 saturated heterocycles. The maximum atomic E-state index is 12.0. The second-order valence-electron chi connectivity index (χ2n) is 5.82. The highest BCUT2D eigenvalue weighted by atomic mass is 35.5. The highest BCUT2D eigenvalue weighted by molar-refractivity contribution is 5.97. The molecule has 4 N–H and O–H groups in total. The van der Waals surface area contributed by atoms with Crippen LogP contribution in [0.5, 0.6) is 0 Å². The third-order valence-electron chi connectivity index (χ3n) is 3.95. The SMILES string of the molecule is COCC(N)C(=O)Nc1ccccc1NC1CCN(C)CC1.Cl.Cl. The standard InChI is InChI=1S/C16H26N4O2.2ClH/c1-20-9-7-12(8-10-20)18-14-5-3-4-6-15(14)19-16(21)13(17)11-22-2;;/h3-6,12-13,18H,7-11,17H2,1-2H3,(H,19,21);2*1H. The number of nitrogens with two attached hydrogens (primary N) is 1. The van der Waals surface area contributed by atoms with Crippen LogP contribution in [0.25, 0.3) is 0 Å². The van der Waals surface area contributed by atoms with Gasteiger partial charge >= 0.3 is 0 Å². The van der Waals surface area contributed by atoms with Crippen LogP contribution in [-0.2, 0) is 9.53 Å². The van der Waals surface area contributed by atoms with Gasteiger partial charge in [-0.2, -0.15) is 0 Å². The number of methoxy groups -OCH3 is 1. The normalized spacial score (nSPS) is 16.5. The highest BCUT2D eigenvalue weighted by Gasteiger charge is 2.19. The Kier molecular flexibility index (Phi) is 11.0. The summed E-state index contributed by atoms with van der Waals surface area (Å²) in [7, 11) is 3.67. The molecule has 0 saturated carbocycles. The largest absolute Gasteiger partial charge is 0.383 e. The van der Waals surface area contributed by atoms with Crippen LogP contribution in [0.3, 0.4) is 0 Å². The molecule has 1 aromatic carbocycles. The number of nitrogens with zero attached hydrogens (tertiary/aromatic N) is 1. The van der Waals surface area contributed by atoms with Crippen molar-refractivity contribution in [1.82, 2.24) is 4.90 Å². The minimum absolute atomic E-state index is 0. The molecule has 0 bridgehead atoms. The molecular weight excluding hydrogens is 351 g/mol. The summed E-state index contributed by atoms with van der Waals surface area (Å²) < 4.78 is 4.92. The number of benzene rings is 1. The summed E-state index contributed by atoms with van der Waals surface area (Å²) in [6, 6.07) is 7.49. The molecule has 6 nitrogen and oxygen atoms in total. The number of carbonyl (C=O) groups excluding carboxylic acids is 1. The van der Waals surface area contributed by atoms with Gasteiger partial charge in [0, 0.05) is 13.2 Å². The average molecular weight is 379 g/mol. The van der Waals surface area contributed by atoms with Crippen LogP contribution in [0.15, 0.2) is 24.3 Å². The lowest BCUT2D eigenvalue weighted by atomic mass is 10.0. The second kappa shape index (κ2) is 11.5. The van der Waals surface area contributed by atoms with Crippen molar-refractivity contribution < 1.29 is 9.53 Å². The predicted octanol–water partition coefficient (Wildman–Crippen LogP) is 1.95. The number of nitrogens with one attached hydrogen (secondary N) is 2. The van der Waals surface area contributed by atoms with E-state index in [-0.39, 0.29) is 37.3 Å². The lowest BCUT2D eigenvalue weighted by Crippen LogP contribution is -2.39. The van der Waals surface area contributed by atoms with Crippen molar-refractivity contribution in [1.29, 1.82) is 0 Å². The molecule has 138 valence electrons. The smallest absolute Gasteiger partial charge is 0.243 e. The van der Waals surface area contributed by atoms with Crippen molar-refractivity contribution >= 4 is 42.1 Å². The molecule has 1 aromatic rings. The van der Waals surface area contributed by atoms with E-state index in [0.717, 1.165) is 37.3 Å². The number of anilines is 2. The molecule has 0 aliphatic carbocycles. The molecule has 1 aliphatic heterocycles. The number of para-hydroxylation sites is 2. The monoisotopic (exact) mass is 378 g/mol. The van der Waals surface area contributed by atoms with Gasteiger partial charge < -0.3 is 26.0 Å². The Balaban J connectivity index is 0.00000264. The molecule has 1 aliphatic rings. The number of likely N-dealkylation sites (tertiary alicyclic amines) is 1. The summed E-state index contributed by atoms with van der Waals surface area (Å²) in [4.78, 5) is 14.4. The van der Waals surface area contributed by atoms with Gasteiger partial charge in [-0.1, -0.05) is 12.1 Å². The number of halogens is 2. The van der Waals surface area contributed by atoms with E-state index in [2.05, 4.69) is 22.6 Å². The van der Waals surface area contributed by atoms with Crippen molar-refractivity contribution in [3.63, 3.8) is 0 Å². The third kappa shape index (κ3) is 6.83. The molecule has 1 amide bonds. The van der Waals surface area contributed by atoms with Crippen LogP contribution >= 0.6 is 24.8 Å². The fourth-order valence-corrected chi connectivity index (χ4v) is 2.57. The van der Waals surface area contributed by atoms with E-state index in [0.29, 0.717) is 6.04 Å². The quantitative estimate of drug-likeness (QED) is 0.704. The van der Waals surface area contributed by atoms with E-state index in [9.17, 15) is 4.79 Å². The number of carbonyl (C=O) groups is 1. The first-order valence-corrected chi connectivity index (χ1v) is 7.69. The zero-order valence-electron chi connectivity index (χ0n) is 14.2. The minimum Gasteiger partial charge on any atom is -0.383 e. The topological polar surface area (TPSA) is 79.6 Å². The van der Waals surface area contributed by atoms with Crippen molar-refractivity contribution in [2.24, 2.45) is 5.73 Å². The molecule has 1 unspecified atom stereocenters. The number of ether oxygens (including phenoxy) is 1. The van der Waals surface area contributed by atoms with Crippen molar-refractivity contribution in [3.05, 3.63) is 24.3 Å². The van der Waals surface area contributed by atoms with Crippen LogP contribution in [0.4, 0.5) is 11.4 Å². The van der Waals surface area contributed by atoms with Crippen molar-refractivity contribution in [3.8, 4) is 0 Å². The van der Waals surface area contributed by atoms with Crippen LogP contribution in [0.1, 0.15) is 12.8 Å². The molecule has 2 rings (SSSR count). The van der Waals surface area contributed by atoms with E-state index in [1.807, 2.05) is 24.3 Å². The van der Waals surface area contributed by atoms with Gasteiger partial charge in [0.2, 0.25) is 5.91 Å². The van der Waals surface area contributed by atoms with E-state index in [1.165, 1.54) is 7.11 Å². The molecule has 1 atom stereocenters. The molecule has 1 fully saturated rings. The van der Waals surface area contributed by atoms with Gasteiger partial charge in [0.15, 0.2) is 0 Å². The molecule has 0 aromatic heterocycles. The number of amides is 1. The fraction of sp³-hybridized carbons (Fsp3) is 0.562. The highest BCUT2D eigenvalue weighted by Crippen LogP contribution is 2.24. The maximum absolute atomic E-state index is 12.0. The van der Waals surface area contributed by atoms with Crippen LogP contribution in [0.2, 0.25) is 0 Å². The Morgan fingerprint density at radius 1 is 1.29 bits per heavy atom. The number of hydrogen-bond acceptors (Lipinski definition) is 5. The molecule has 1 heterocycles. The number of hydrogen-bond donors (Lipinski definition) is 3. The summed E-state index contributed by atoms with van der Waals surface area (Å²) >= 11 is 0. The van der Waals surface area contributed by atoms with Crippen molar-refractivity contribution in [2.45, 2.75) is 24.9 Å². The van der Waals surface area contributed by atoms with E-state index in [4.69, 9.17) is 10.5 Å². The van der Waals surface area contributed by atoms with Gasteiger partial charge in [-0.05, 0) is 45.1 Å². The average Bonchev–Trinajstić information content (AvgIpc) is 2.51. The predicted molar refractivity (Wildman–Crippen MR) is 104 cm³/mol. The van der Waals surface area contributed by atoms with Crippen LogP contribution in [0, 0.1) is 0 Å². The Morgan fingerprint density at radius 2 is 1.88 bits per heavy atom. The Labute approximate surface area is 156 Å². The summed E-state index contributed by atoms with van der Waals surface area (Å²) in [6.45, 7) is 2.38.